The quantitative estimate of drug-likeness (QED) is 0.376. The van der Waals surface area contributed by atoms with Gasteiger partial charge in [-0.2, -0.15) is 0 Å². The molecule has 0 saturated carbocycles. The van der Waals surface area contributed by atoms with E-state index in [1.807, 2.05) is 0 Å². The Kier molecular flexibility index (Phi) is 14.9. The lowest BCUT2D eigenvalue weighted by Crippen LogP contribution is -2.16. The van der Waals surface area contributed by atoms with Gasteiger partial charge in [0.05, 0.1) is 0 Å². The van der Waals surface area contributed by atoms with E-state index in [1.54, 1.807) is 0 Å². The maximum atomic E-state index is 5.69. The third-order valence-corrected chi connectivity index (χ3v) is 4.17. The van der Waals surface area contributed by atoms with Gasteiger partial charge in [-0.1, -0.05) is 90.4 Å². The summed E-state index contributed by atoms with van der Waals surface area (Å²) >= 11 is 0. The molecule has 0 unspecified atom stereocenters. The minimum Gasteiger partial charge on any atom is -0.399 e. The van der Waals surface area contributed by atoms with E-state index in [0.717, 1.165) is 12.8 Å². The second-order valence-corrected chi connectivity index (χ2v) is 6.33. The van der Waals surface area contributed by atoms with Crippen LogP contribution in [0.2, 0.25) is 0 Å². The van der Waals surface area contributed by atoms with Crippen molar-refractivity contribution in [2.45, 2.75) is 103 Å². The Morgan fingerprint density at radius 1 is 0.524 bits per heavy atom. The van der Waals surface area contributed by atoms with Crippen LogP contribution in [0.15, 0.2) is 11.5 Å². The van der Waals surface area contributed by atoms with Crippen LogP contribution in [0.3, 0.4) is 0 Å². The van der Waals surface area contributed by atoms with Crippen molar-refractivity contribution < 1.29 is 0 Å². The molecule has 21 heavy (non-hydrogen) atoms. The minimum atomic E-state index is 0.296. The molecular weight excluding hydrogens is 258 g/mol. The lowest BCUT2D eigenvalue weighted by atomic mass is 10.0. The molecule has 0 saturated heterocycles. The highest BCUT2D eigenvalue weighted by molar-refractivity contribution is 5.02. The van der Waals surface area contributed by atoms with Crippen molar-refractivity contribution in [3.63, 3.8) is 0 Å². The molecule has 0 rings (SSSR count). The van der Waals surface area contributed by atoms with Gasteiger partial charge >= 0.3 is 0 Å². The van der Waals surface area contributed by atoms with E-state index < -0.39 is 0 Å². The number of hydrogen-bond donors (Lipinski definition) is 3. The monoisotopic (exact) mass is 297 g/mol. The fraction of sp³-hybridized carbons (Fsp3) is 0.889. The first-order chi connectivity index (χ1) is 10.2. The predicted octanol–water partition coefficient (Wildman–Crippen LogP) is 4.90. The molecule has 0 aliphatic carbocycles. The van der Waals surface area contributed by atoms with Crippen molar-refractivity contribution in [1.82, 2.24) is 0 Å². The summed E-state index contributed by atoms with van der Waals surface area (Å²) in [5, 5.41) is 0. The molecule has 3 nitrogen and oxygen atoms in total. The third kappa shape index (κ3) is 15.3. The zero-order valence-corrected chi connectivity index (χ0v) is 14.3. The van der Waals surface area contributed by atoms with Crippen LogP contribution in [0.5, 0.6) is 0 Å². The average molecular weight is 298 g/mol. The number of hydrogen-bond acceptors (Lipinski definition) is 3. The second kappa shape index (κ2) is 15.5. The first-order valence-corrected chi connectivity index (χ1v) is 9.18. The van der Waals surface area contributed by atoms with Crippen LogP contribution in [0, 0.1) is 0 Å². The Bertz CT molecular complexity index is 245. The van der Waals surface area contributed by atoms with Gasteiger partial charge < -0.3 is 17.2 Å². The zero-order chi connectivity index (χ0) is 15.8. The topological polar surface area (TPSA) is 78.1 Å². The third-order valence-electron chi connectivity index (χ3n) is 4.17. The van der Waals surface area contributed by atoms with E-state index >= 15 is 0 Å². The lowest BCUT2D eigenvalue weighted by Gasteiger charge is -2.04. The highest BCUT2D eigenvalue weighted by Crippen LogP contribution is 2.13. The van der Waals surface area contributed by atoms with Gasteiger partial charge in [0.2, 0.25) is 0 Å². The molecular formula is C18H39N3. The Labute approximate surface area is 132 Å². The van der Waals surface area contributed by atoms with E-state index in [1.165, 1.54) is 83.5 Å². The molecule has 0 fully saturated rings. The van der Waals surface area contributed by atoms with Crippen LogP contribution in [-0.4, -0.2) is 0 Å². The maximum Gasteiger partial charge on any atom is 0.113 e. The molecule has 0 amide bonds. The summed E-state index contributed by atoms with van der Waals surface area (Å²) in [6.45, 7) is 2.28. The molecule has 126 valence electrons. The van der Waals surface area contributed by atoms with Gasteiger partial charge in [0.15, 0.2) is 0 Å². The van der Waals surface area contributed by atoms with Crippen molar-refractivity contribution >= 4 is 0 Å². The molecule has 0 atom stereocenters. The number of nitrogens with two attached hydrogens (primary N) is 3. The molecule has 0 bridgehead atoms. The summed E-state index contributed by atoms with van der Waals surface area (Å²) in [5.41, 5.74) is 17.2. The van der Waals surface area contributed by atoms with Crippen molar-refractivity contribution in [2.24, 2.45) is 17.2 Å². The number of rotatable bonds is 15. The fourth-order valence-electron chi connectivity index (χ4n) is 2.65. The van der Waals surface area contributed by atoms with Gasteiger partial charge in [0, 0.05) is 5.70 Å². The number of allylic oxidation sites excluding steroid dienone is 1. The highest BCUT2D eigenvalue weighted by Gasteiger charge is 1.96. The lowest BCUT2D eigenvalue weighted by molar-refractivity contribution is 0.535. The minimum absolute atomic E-state index is 0.296. The van der Waals surface area contributed by atoms with Crippen LogP contribution < -0.4 is 17.2 Å². The standard InChI is InChI=1S/C18H39N3/c1-2-3-4-5-6-7-8-9-10-11-12-13-14-15-16-17(19)18(20)21/h2-16,19-21H2,1H3. The van der Waals surface area contributed by atoms with Gasteiger partial charge in [-0.25, -0.2) is 0 Å². The van der Waals surface area contributed by atoms with Gasteiger partial charge in [0.1, 0.15) is 5.82 Å². The van der Waals surface area contributed by atoms with E-state index in [9.17, 15) is 0 Å². The molecule has 0 aromatic heterocycles. The van der Waals surface area contributed by atoms with Crippen LogP contribution in [0.25, 0.3) is 0 Å². The van der Waals surface area contributed by atoms with Crippen molar-refractivity contribution in [3.05, 3.63) is 11.5 Å². The van der Waals surface area contributed by atoms with Crippen LogP contribution >= 0.6 is 0 Å². The summed E-state index contributed by atoms with van der Waals surface area (Å²) in [7, 11) is 0. The van der Waals surface area contributed by atoms with Gasteiger partial charge in [0.25, 0.3) is 0 Å². The van der Waals surface area contributed by atoms with Crippen LogP contribution in [0.4, 0.5) is 0 Å². The Morgan fingerprint density at radius 3 is 1.19 bits per heavy atom. The largest absolute Gasteiger partial charge is 0.399 e. The molecule has 0 aliphatic rings. The molecule has 0 heterocycles. The second-order valence-electron chi connectivity index (χ2n) is 6.33. The van der Waals surface area contributed by atoms with E-state index in [2.05, 4.69) is 6.92 Å². The molecule has 3 heteroatoms. The van der Waals surface area contributed by atoms with Crippen molar-refractivity contribution in [3.8, 4) is 0 Å². The zero-order valence-electron chi connectivity index (χ0n) is 14.3. The maximum absolute atomic E-state index is 5.69. The summed E-state index contributed by atoms with van der Waals surface area (Å²) in [4.78, 5) is 0. The smallest absolute Gasteiger partial charge is 0.113 e. The van der Waals surface area contributed by atoms with E-state index in [0.29, 0.717) is 11.5 Å². The first-order valence-electron chi connectivity index (χ1n) is 9.18. The van der Waals surface area contributed by atoms with Crippen molar-refractivity contribution in [1.29, 1.82) is 0 Å². The van der Waals surface area contributed by atoms with Gasteiger partial charge in [-0.3, -0.25) is 0 Å². The molecule has 0 aromatic rings. The summed E-state index contributed by atoms with van der Waals surface area (Å²) < 4.78 is 0. The molecule has 0 aromatic carbocycles. The van der Waals surface area contributed by atoms with Crippen LogP contribution in [0.1, 0.15) is 103 Å². The highest BCUT2D eigenvalue weighted by atomic mass is 14.8. The number of unbranched alkanes of at least 4 members (excludes halogenated alkanes) is 13. The summed E-state index contributed by atoms with van der Waals surface area (Å²) in [5.74, 6) is 0.296. The normalized spacial score (nSPS) is 10.7. The summed E-state index contributed by atoms with van der Waals surface area (Å²) in [6.07, 6.45) is 20.1. The van der Waals surface area contributed by atoms with Gasteiger partial charge in [-0.05, 0) is 12.8 Å². The Morgan fingerprint density at radius 2 is 0.857 bits per heavy atom. The van der Waals surface area contributed by atoms with E-state index in [-0.39, 0.29) is 0 Å². The molecule has 6 N–H and O–H groups in total. The molecule has 0 aliphatic heterocycles. The Balaban J connectivity index is 3.08. The first kappa shape index (κ1) is 20.1. The fourth-order valence-corrected chi connectivity index (χ4v) is 2.65. The summed E-state index contributed by atoms with van der Waals surface area (Å²) in [6, 6.07) is 0. The molecule has 0 spiro atoms. The van der Waals surface area contributed by atoms with Crippen molar-refractivity contribution in [2.75, 3.05) is 0 Å². The van der Waals surface area contributed by atoms with Crippen LogP contribution in [-0.2, 0) is 0 Å². The SMILES string of the molecule is CCCCCCCCCCCCCCCCC(N)=C(N)N. The Hall–Kier alpha value is -0.860. The predicted molar refractivity (Wildman–Crippen MR) is 94.5 cm³/mol. The molecule has 0 radical (unpaired) electrons. The average Bonchev–Trinajstić information content (AvgIpc) is 2.47. The van der Waals surface area contributed by atoms with E-state index in [4.69, 9.17) is 17.2 Å². The van der Waals surface area contributed by atoms with Gasteiger partial charge in [-0.15, -0.1) is 0 Å².